The van der Waals surface area contributed by atoms with Gasteiger partial charge in [0.25, 0.3) is 0 Å². The second-order valence-electron chi connectivity index (χ2n) is 17.8. The number of carboxylic acids is 1. The third kappa shape index (κ3) is 9.67. The molecule has 4 aromatic rings. The number of anilines is 1. The summed E-state index contributed by atoms with van der Waals surface area (Å²) in [6.45, 7) is 5.57. The number of hydrogen-bond donors (Lipinski definition) is 3. The molecule has 2 amide bonds. The summed E-state index contributed by atoms with van der Waals surface area (Å²) in [6, 6.07) is 33.7. The van der Waals surface area contributed by atoms with E-state index in [2.05, 4.69) is 111 Å². The Hall–Kier alpha value is -5.71. The fourth-order valence-electron chi connectivity index (χ4n) is 10.4. The summed E-state index contributed by atoms with van der Waals surface area (Å²) >= 11 is 0. The van der Waals surface area contributed by atoms with Crippen LogP contribution >= 0.6 is 0 Å². The zero-order valence-corrected chi connectivity index (χ0v) is 35.4. The number of carbonyl (C=O) groups excluding carboxylic acids is 2. The molecular formula is C52H58N4O6. The Morgan fingerprint density at radius 1 is 0.855 bits per heavy atom. The van der Waals surface area contributed by atoms with Crippen LogP contribution < -0.4 is 20.3 Å². The van der Waals surface area contributed by atoms with Gasteiger partial charge in [-0.3, -0.25) is 19.8 Å². The lowest BCUT2D eigenvalue weighted by Crippen LogP contribution is -2.55. The average molecular weight is 835 g/mol. The normalized spacial score (nSPS) is 23.2. The SMILES string of the molecule is O=C1CCC(NCc2cc(N3CCC(N4CC(CCOC5=CCC([C@@H]6c7ccc(OCc8ccccc8)cc7CC[C@@H]6c6ccccc6)C=C5)C4)CC3)ccc2C(=O)O)C(=O)N1. The number of benzene rings is 4. The summed E-state index contributed by atoms with van der Waals surface area (Å²) < 4.78 is 12.6. The van der Waals surface area contributed by atoms with Crippen LogP contribution in [0.5, 0.6) is 5.75 Å². The Labute approximate surface area is 365 Å². The van der Waals surface area contributed by atoms with E-state index in [4.69, 9.17) is 9.47 Å². The van der Waals surface area contributed by atoms with Crippen molar-refractivity contribution in [1.82, 2.24) is 15.5 Å². The van der Waals surface area contributed by atoms with E-state index >= 15 is 0 Å². The number of fused-ring (bicyclic) bond motifs is 1. The number of carbonyl (C=O) groups is 3. The van der Waals surface area contributed by atoms with Gasteiger partial charge in [0.15, 0.2) is 0 Å². The number of amides is 2. The molecule has 0 aromatic heterocycles. The number of nitrogens with zero attached hydrogens (tertiary/aromatic N) is 2. The van der Waals surface area contributed by atoms with Crippen LogP contribution in [0.4, 0.5) is 5.69 Å². The first-order chi connectivity index (χ1) is 30.3. The van der Waals surface area contributed by atoms with Crippen molar-refractivity contribution in [3.8, 4) is 5.75 Å². The molecule has 0 bridgehead atoms. The lowest BCUT2D eigenvalue weighted by molar-refractivity contribution is -0.134. The van der Waals surface area contributed by atoms with Gasteiger partial charge in [-0.2, -0.15) is 0 Å². The van der Waals surface area contributed by atoms with Gasteiger partial charge in [0.05, 0.1) is 18.2 Å². The molecule has 62 heavy (non-hydrogen) atoms. The monoisotopic (exact) mass is 834 g/mol. The van der Waals surface area contributed by atoms with Crippen molar-refractivity contribution in [2.24, 2.45) is 11.8 Å². The van der Waals surface area contributed by atoms with Crippen LogP contribution in [0, 0.1) is 11.8 Å². The molecule has 0 radical (unpaired) electrons. The molecule has 10 heteroatoms. The number of nitrogens with one attached hydrogen (secondary N) is 2. The fourth-order valence-corrected chi connectivity index (χ4v) is 10.4. The number of imide groups is 1. The number of ether oxygens (including phenoxy) is 2. The molecule has 10 nitrogen and oxygen atoms in total. The highest BCUT2D eigenvalue weighted by Gasteiger charge is 2.37. The van der Waals surface area contributed by atoms with Crippen LogP contribution in [-0.2, 0) is 33.9 Å². The lowest BCUT2D eigenvalue weighted by Gasteiger charge is -2.47. The fraction of sp³-hybridized carbons (Fsp3) is 0.404. The first-order valence-electron chi connectivity index (χ1n) is 22.6. The highest BCUT2D eigenvalue weighted by molar-refractivity contribution is 6.00. The zero-order chi connectivity index (χ0) is 42.4. The highest BCUT2D eigenvalue weighted by atomic mass is 16.5. The number of allylic oxidation sites excluding steroid dienone is 3. The van der Waals surface area contributed by atoms with Crippen LogP contribution in [0.25, 0.3) is 0 Å². The van der Waals surface area contributed by atoms with E-state index < -0.39 is 12.0 Å². The van der Waals surface area contributed by atoms with E-state index in [1.165, 1.54) is 22.3 Å². The third-order valence-electron chi connectivity index (χ3n) is 13.9. The minimum atomic E-state index is -0.993. The molecule has 3 aliphatic heterocycles. The summed E-state index contributed by atoms with van der Waals surface area (Å²) in [7, 11) is 0. The molecule has 2 aliphatic carbocycles. The molecule has 2 unspecified atom stereocenters. The number of rotatable bonds is 15. The van der Waals surface area contributed by atoms with Crippen LogP contribution in [0.2, 0.25) is 0 Å². The largest absolute Gasteiger partial charge is 0.494 e. The van der Waals surface area contributed by atoms with Crippen LogP contribution in [-0.4, -0.2) is 72.7 Å². The summed E-state index contributed by atoms with van der Waals surface area (Å²) in [4.78, 5) is 40.8. The summed E-state index contributed by atoms with van der Waals surface area (Å²) in [5, 5.41) is 15.4. The maximum atomic E-state index is 12.2. The molecular weight excluding hydrogens is 777 g/mol. The van der Waals surface area contributed by atoms with Crippen molar-refractivity contribution in [3.63, 3.8) is 0 Å². The quantitative estimate of drug-likeness (QED) is 0.102. The van der Waals surface area contributed by atoms with Gasteiger partial charge in [-0.25, -0.2) is 4.79 Å². The standard InChI is InChI=1S/C52H58N4O6/c57-49-22-21-48(51(58)54-49)53-31-40-29-42(14-19-47(40)52(59)60)55-26-23-41(24-27-55)56-32-36(33-56)25-28-61-43-15-11-38(12-16-43)50-45(37-9-5-2-6-10-37)18-13-39-30-44(17-20-46(39)50)62-34-35-7-3-1-4-8-35/h1-11,14-17,19-20,29-30,36,38,41,45,48,50,53H,12-13,18,21-28,31-34H2,(H,59,60)(H,54,57,58)/t38?,45-,48?,50+/m1/s1. The Bertz CT molecular complexity index is 2280. The average Bonchev–Trinajstić information content (AvgIpc) is 3.29. The number of likely N-dealkylation sites (tertiary alicyclic amines) is 1. The molecule has 0 spiro atoms. The third-order valence-corrected chi connectivity index (χ3v) is 13.9. The molecule has 5 aliphatic rings. The van der Waals surface area contributed by atoms with Gasteiger partial charge in [-0.05, 0) is 139 Å². The number of hydrogen-bond acceptors (Lipinski definition) is 8. The number of aromatic carboxylic acids is 1. The first kappa shape index (κ1) is 41.6. The van der Waals surface area contributed by atoms with Gasteiger partial charge < -0.3 is 24.8 Å². The number of carboxylic acid groups (broad SMARTS) is 1. The smallest absolute Gasteiger partial charge is 0.336 e. The Balaban J connectivity index is 0.734. The van der Waals surface area contributed by atoms with E-state index in [-0.39, 0.29) is 30.3 Å². The number of aryl methyl sites for hydroxylation is 1. The minimum absolute atomic E-state index is 0.224. The van der Waals surface area contributed by atoms with Gasteiger partial charge in [0.1, 0.15) is 18.1 Å². The van der Waals surface area contributed by atoms with Crippen molar-refractivity contribution in [2.45, 2.75) is 88.4 Å². The van der Waals surface area contributed by atoms with E-state index in [1.807, 2.05) is 18.2 Å². The van der Waals surface area contributed by atoms with Gasteiger partial charge in [0, 0.05) is 50.9 Å². The molecule has 4 atom stereocenters. The van der Waals surface area contributed by atoms with Crippen molar-refractivity contribution >= 4 is 23.5 Å². The lowest BCUT2D eigenvalue weighted by atomic mass is 9.65. The van der Waals surface area contributed by atoms with Crippen molar-refractivity contribution in [3.05, 3.63) is 154 Å². The maximum Gasteiger partial charge on any atom is 0.336 e. The number of piperidine rings is 2. The summed E-state index contributed by atoms with van der Waals surface area (Å²) in [6.07, 6.45) is 13.9. The molecule has 3 fully saturated rings. The van der Waals surface area contributed by atoms with Crippen molar-refractivity contribution in [2.75, 3.05) is 37.7 Å². The van der Waals surface area contributed by atoms with Crippen LogP contribution in [0.1, 0.15) is 95.0 Å². The predicted octanol–water partition coefficient (Wildman–Crippen LogP) is 8.14. The van der Waals surface area contributed by atoms with Crippen molar-refractivity contribution in [1.29, 1.82) is 0 Å². The van der Waals surface area contributed by atoms with Crippen LogP contribution in [0.15, 0.2) is 121 Å². The van der Waals surface area contributed by atoms with Gasteiger partial charge in [-0.15, -0.1) is 0 Å². The summed E-state index contributed by atoms with van der Waals surface area (Å²) in [5.41, 5.74) is 7.32. The molecule has 0 saturated carbocycles. The second-order valence-corrected chi connectivity index (χ2v) is 17.8. The molecule has 9 rings (SSSR count). The first-order valence-corrected chi connectivity index (χ1v) is 22.6. The van der Waals surface area contributed by atoms with E-state index in [1.54, 1.807) is 6.07 Å². The predicted molar refractivity (Wildman–Crippen MR) is 240 cm³/mol. The molecule has 3 N–H and O–H groups in total. The molecule has 4 aromatic carbocycles. The van der Waals surface area contributed by atoms with E-state index in [0.717, 1.165) is 88.5 Å². The highest BCUT2D eigenvalue weighted by Crippen LogP contribution is 2.49. The van der Waals surface area contributed by atoms with Gasteiger partial charge in [0.2, 0.25) is 11.8 Å². The van der Waals surface area contributed by atoms with E-state index in [0.29, 0.717) is 48.3 Å². The van der Waals surface area contributed by atoms with E-state index in [9.17, 15) is 19.5 Å². The molecule has 322 valence electrons. The van der Waals surface area contributed by atoms with Crippen LogP contribution in [0.3, 0.4) is 0 Å². The molecule has 3 saturated heterocycles. The zero-order valence-electron chi connectivity index (χ0n) is 35.4. The minimum Gasteiger partial charge on any atom is -0.494 e. The second kappa shape index (κ2) is 19.1. The molecule has 3 heterocycles. The summed E-state index contributed by atoms with van der Waals surface area (Å²) in [5.74, 6) is 2.19. The maximum absolute atomic E-state index is 12.2. The topological polar surface area (TPSA) is 120 Å². The Morgan fingerprint density at radius 3 is 2.39 bits per heavy atom. The van der Waals surface area contributed by atoms with Gasteiger partial charge in [-0.1, -0.05) is 72.8 Å². The van der Waals surface area contributed by atoms with Gasteiger partial charge >= 0.3 is 5.97 Å². The van der Waals surface area contributed by atoms with Crippen molar-refractivity contribution < 1.29 is 29.0 Å². The Morgan fingerprint density at radius 2 is 1.65 bits per heavy atom. The Kier molecular flexibility index (Phi) is 12.8.